The van der Waals surface area contributed by atoms with Gasteiger partial charge in [0.1, 0.15) is 5.82 Å². The second kappa shape index (κ2) is 5.82. The molecule has 0 saturated carbocycles. The molecule has 0 aliphatic carbocycles. The summed E-state index contributed by atoms with van der Waals surface area (Å²) in [5.74, 6) is 0.208. The van der Waals surface area contributed by atoms with Gasteiger partial charge in [-0.25, -0.2) is 9.59 Å². The molecule has 0 spiro atoms. The Kier molecular flexibility index (Phi) is 3.39. The van der Waals surface area contributed by atoms with Crippen LogP contribution in [0.3, 0.4) is 0 Å². The van der Waals surface area contributed by atoms with Gasteiger partial charge in [-0.05, 0) is 33.2 Å². The molecule has 0 radical (unpaired) electrons. The fraction of sp³-hybridized carbons (Fsp3) is 0.0952. The van der Waals surface area contributed by atoms with Gasteiger partial charge in [0.25, 0.3) is 5.56 Å². The van der Waals surface area contributed by atoms with Crippen LogP contribution in [0.25, 0.3) is 21.5 Å². The summed E-state index contributed by atoms with van der Waals surface area (Å²) in [4.78, 5) is 39.5. The number of aromatic nitrogens is 2. The highest BCUT2D eigenvalue weighted by atomic mass is 16.2. The van der Waals surface area contributed by atoms with Crippen molar-refractivity contribution in [3.05, 3.63) is 86.6 Å². The number of hydrogen-bond donors (Lipinski definition) is 3. The topological polar surface area (TPSA) is 96.0 Å². The number of nitrogens with one attached hydrogen (secondary N) is 3. The van der Waals surface area contributed by atoms with Gasteiger partial charge in [0.05, 0.1) is 11.6 Å². The molecule has 28 heavy (non-hydrogen) atoms. The van der Waals surface area contributed by atoms with Gasteiger partial charge in [-0.3, -0.25) is 19.7 Å². The van der Waals surface area contributed by atoms with Crippen LogP contribution in [0.1, 0.15) is 17.2 Å². The minimum absolute atomic E-state index is 0.208. The van der Waals surface area contributed by atoms with Gasteiger partial charge in [-0.15, -0.1) is 0 Å². The molecule has 3 aromatic carbocycles. The highest BCUT2D eigenvalue weighted by Crippen LogP contribution is 2.37. The predicted molar refractivity (Wildman–Crippen MR) is 108 cm³/mol. The van der Waals surface area contributed by atoms with Gasteiger partial charge in [0.2, 0.25) is 0 Å². The highest BCUT2D eigenvalue weighted by molar-refractivity contribution is 6.04. The lowest BCUT2D eigenvalue weighted by molar-refractivity contribution is 0.248. The molecular formula is C21H16N4O3. The molecule has 1 aliphatic heterocycles. The van der Waals surface area contributed by atoms with Crippen molar-refractivity contribution < 1.29 is 4.79 Å². The largest absolute Gasteiger partial charge is 0.329 e. The van der Waals surface area contributed by atoms with E-state index in [2.05, 4.69) is 21.7 Å². The molecule has 1 aliphatic rings. The molecule has 3 N–H and O–H groups in total. The lowest BCUT2D eigenvalue weighted by Crippen LogP contribution is -2.46. The fourth-order valence-electron chi connectivity index (χ4n) is 3.98. The Morgan fingerprint density at radius 3 is 2.11 bits per heavy atom. The summed E-state index contributed by atoms with van der Waals surface area (Å²) in [6.07, 6.45) is 0. The lowest BCUT2D eigenvalue weighted by Gasteiger charge is -2.29. The third-order valence-corrected chi connectivity index (χ3v) is 5.26. The summed E-state index contributed by atoms with van der Waals surface area (Å²) in [5, 5.41) is 9.36. The van der Waals surface area contributed by atoms with E-state index in [0.717, 1.165) is 27.1 Å². The number of benzene rings is 3. The Morgan fingerprint density at radius 1 is 0.857 bits per heavy atom. The number of carbonyl (C=O) groups is 1. The SMILES string of the molecule is Cn1c2c(c(=O)[nH]c1=O)C(c1c3ccccc3cc3ccccc13)NC(=O)N2. The van der Waals surface area contributed by atoms with Gasteiger partial charge < -0.3 is 5.32 Å². The van der Waals surface area contributed by atoms with Crippen molar-refractivity contribution in [1.82, 2.24) is 14.9 Å². The maximum atomic E-state index is 12.7. The van der Waals surface area contributed by atoms with Crippen LogP contribution >= 0.6 is 0 Å². The van der Waals surface area contributed by atoms with Crippen molar-refractivity contribution in [2.45, 2.75) is 6.04 Å². The van der Waals surface area contributed by atoms with E-state index in [1.165, 1.54) is 11.6 Å². The Bertz CT molecular complexity index is 1350. The predicted octanol–water partition coefficient (Wildman–Crippen LogP) is 2.60. The molecule has 0 bridgehead atoms. The van der Waals surface area contributed by atoms with Gasteiger partial charge >= 0.3 is 11.7 Å². The molecule has 0 saturated heterocycles. The van der Waals surface area contributed by atoms with Crippen molar-refractivity contribution in [3.63, 3.8) is 0 Å². The van der Waals surface area contributed by atoms with Crippen LogP contribution in [0.4, 0.5) is 10.6 Å². The van der Waals surface area contributed by atoms with E-state index >= 15 is 0 Å². The van der Waals surface area contributed by atoms with Crippen LogP contribution < -0.4 is 21.9 Å². The normalized spacial score (nSPS) is 15.9. The van der Waals surface area contributed by atoms with E-state index in [0.29, 0.717) is 5.56 Å². The summed E-state index contributed by atoms with van der Waals surface area (Å²) in [6, 6.07) is 16.6. The molecule has 4 aromatic rings. The first-order chi connectivity index (χ1) is 13.5. The summed E-state index contributed by atoms with van der Waals surface area (Å²) in [7, 11) is 1.51. The molecule has 2 amide bonds. The second-order valence-electron chi connectivity index (χ2n) is 6.84. The first kappa shape index (κ1) is 16.3. The molecule has 1 unspecified atom stereocenters. The molecule has 138 valence electrons. The van der Waals surface area contributed by atoms with Gasteiger partial charge in [-0.1, -0.05) is 48.5 Å². The zero-order valence-corrected chi connectivity index (χ0v) is 14.9. The van der Waals surface area contributed by atoms with Crippen molar-refractivity contribution in [2.24, 2.45) is 7.05 Å². The van der Waals surface area contributed by atoms with Gasteiger partial charge in [0, 0.05) is 7.05 Å². The highest BCUT2D eigenvalue weighted by Gasteiger charge is 2.32. The summed E-state index contributed by atoms with van der Waals surface area (Å²) in [6.45, 7) is 0. The number of fused-ring (bicyclic) bond motifs is 3. The third kappa shape index (κ3) is 2.26. The number of aromatic amines is 1. The Balaban J connectivity index is 1.94. The first-order valence-corrected chi connectivity index (χ1v) is 8.85. The number of rotatable bonds is 1. The summed E-state index contributed by atoms with van der Waals surface area (Å²) < 4.78 is 1.25. The quantitative estimate of drug-likeness (QED) is 0.448. The molecule has 7 nitrogen and oxygen atoms in total. The van der Waals surface area contributed by atoms with Gasteiger partial charge in [0.15, 0.2) is 0 Å². The van der Waals surface area contributed by atoms with Crippen LogP contribution in [0, 0.1) is 0 Å². The maximum absolute atomic E-state index is 12.7. The minimum atomic E-state index is -0.699. The fourth-order valence-corrected chi connectivity index (χ4v) is 3.98. The van der Waals surface area contributed by atoms with Crippen LogP contribution in [-0.2, 0) is 7.05 Å². The lowest BCUT2D eigenvalue weighted by atomic mass is 9.88. The number of amides is 2. The number of nitrogens with zero attached hydrogens (tertiary/aromatic N) is 1. The number of carbonyl (C=O) groups excluding carboxylic acids is 1. The third-order valence-electron chi connectivity index (χ3n) is 5.26. The molecule has 1 aromatic heterocycles. The van der Waals surface area contributed by atoms with Crippen LogP contribution in [0.15, 0.2) is 64.2 Å². The van der Waals surface area contributed by atoms with E-state index in [1.807, 2.05) is 48.5 Å². The van der Waals surface area contributed by atoms with Crippen molar-refractivity contribution in [3.8, 4) is 0 Å². The molecule has 5 rings (SSSR count). The van der Waals surface area contributed by atoms with Gasteiger partial charge in [-0.2, -0.15) is 0 Å². The smallest absolute Gasteiger partial charge is 0.327 e. The number of H-pyrrole nitrogens is 1. The number of hydrogen-bond acceptors (Lipinski definition) is 3. The summed E-state index contributed by atoms with van der Waals surface area (Å²) >= 11 is 0. The molecular weight excluding hydrogens is 356 g/mol. The van der Waals surface area contributed by atoms with E-state index in [9.17, 15) is 14.4 Å². The first-order valence-electron chi connectivity index (χ1n) is 8.85. The minimum Gasteiger partial charge on any atom is -0.327 e. The zero-order valence-electron chi connectivity index (χ0n) is 14.9. The average Bonchev–Trinajstić information content (AvgIpc) is 2.69. The monoisotopic (exact) mass is 372 g/mol. The Hall–Kier alpha value is -3.87. The zero-order chi connectivity index (χ0) is 19.4. The van der Waals surface area contributed by atoms with E-state index in [1.54, 1.807) is 0 Å². The summed E-state index contributed by atoms with van der Waals surface area (Å²) in [5.41, 5.74) is 0.0391. The second-order valence-corrected chi connectivity index (χ2v) is 6.84. The Morgan fingerprint density at radius 2 is 1.46 bits per heavy atom. The van der Waals surface area contributed by atoms with E-state index in [-0.39, 0.29) is 5.82 Å². The molecule has 2 heterocycles. The Labute approximate surface area is 158 Å². The van der Waals surface area contributed by atoms with E-state index < -0.39 is 23.3 Å². The number of anilines is 1. The maximum Gasteiger partial charge on any atom is 0.329 e. The number of urea groups is 1. The van der Waals surface area contributed by atoms with Crippen molar-refractivity contribution in [1.29, 1.82) is 0 Å². The van der Waals surface area contributed by atoms with Crippen molar-refractivity contribution in [2.75, 3.05) is 5.32 Å². The van der Waals surface area contributed by atoms with E-state index in [4.69, 9.17) is 0 Å². The standard InChI is InChI=1S/C21H16N4O3/c1-25-18-16(19(26)24-21(25)28)17(22-20(27)23-18)15-13-8-4-2-6-11(13)10-12-7-3-5-9-14(12)15/h2-10,17H,1H3,(H2,22,23,27)(H,24,26,28). The van der Waals surface area contributed by atoms with Crippen molar-refractivity contribution >= 4 is 33.4 Å². The molecule has 1 atom stereocenters. The van der Waals surface area contributed by atoms with Crippen LogP contribution in [0.2, 0.25) is 0 Å². The molecule has 0 fully saturated rings. The average molecular weight is 372 g/mol. The molecule has 7 heteroatoms. The van der Waals surface area contributed by atoms with Crippen LogP contribution in [-0.4, -0.2) is 15.6 Å². The van der Waals surface area contributed by atoms with Crippen LogP contribution in [0.5, 0.6) is 0 Å².